The normalized spacial score (nSPS) is 14.3. The van der Waals surface area contributed by atoms with Gasteiger partial charge >= 0.3 is 5.97 Å². The van der Waals surface area contributed by atoms with E-state index in [0.29, 0.717) is 0 Å². The first-order valence-electron chi connectivity index (χ1n) is 11.3. The molecule has 0 heterocycles. The van der Waals surface area contributed by atoms with Crippen molar-refractivity contribution in [2.45, 2.75) is 70.6 Å². The Morgan fingerprint density at radius 3 is 1.97 bits per heavy atom. The molecule has 0 bridgehead atoms. The van der Waals surface area contributed by atoms with E-state index in [0.717, 1.165) is 5.56 Å². The Bertz CT molecular complexity index is 904. The Morgan fingerprint density at radius 2 is 1.46 bits per heavy atom. The van der Waals surface area contributed by atoms with Gasteiger partial charge in [0.1, 0.15) is 23.9 Å². The van der Waals surface area contributed by atoms with Crippen LogP contribution in [0.15, 0.2) is 24.3 Å². The van der Waals surface area contributed by atoms with Crippen molar-refractivity contribution in [1.29, 1.82) is 0 Å². The Morgan fingerprint density at radius 1 is 0.886 bits per heavy atom. The highest BCUT2D eigenvalue weighted by atomic mass is 16.4. The summed E-state index contributed by atoms with van der Waals surface area (Å²) in [6.07, 6.45) is 0.0317. The zero-order valence-electron chi connectivity index (χ0n) is 20.1. The number of rotatable bonds is 14. The summed E-state index contributed by atoms with van der Waals surface area (Å²) in [5.74, 6) is -3.90. The van der Waals surface area contributed by atoms with Gasteiger partial charge in [-0.05, 0) is 49.8 Å². The van der Waals surface area contributed by atoms with E-state index in [-0.39, 0.29) is 37.4 Å². The molecule has 0 aliphatic carbocycles. The summed E-state index contributed by atoms with van der Waals surface area (Å²) < 4.78 is 0. The summed E-state index contributed by atoms with van der Waals surface area (Å²) in [7, 11) is 0. The molecule has 4 atom stereocenters. The lowest BCUT2D eigenvalue weighted by Crippen LogP contribution is -2.56. The van der Waals surface area contributed by atoms with Crippen LogP contribution in [0.2, 0.25) is 0 Å². The van der Waals surface area contributed by atoms with E-state index in [1.807, 2.05) is 13.8 Å². The molecule has 1 aromatic carbocycles. The molecular formula is C23H35N5O7. The lowest BCUT2D eigenvalue weighted by atomic mass is 10.0. The van der Waals surface area contributed by atoms with Gasteiger partial charge in [-0.2, -0.15) is 0 Å². The minimum atomic E-state index is -1.35. The Labute approximate surface area is 203 Å². The molecule has 0 aliphatic rings. The van der Waals surface area contributed by atoms with E-state index >= 15 is 0 Å². The molecule has 4 amide bonds. The number of hydrogen-bond donors (Lipinski definition) is 7. The number of amides is 4. The Balaban J connectivity index is 2.77. The van der Waals surface area contributed by atoms with Crippen LogP contribution >= 0.6 is 0 Å². The van der Waals surface area contributed by atoms with E-state index in [2.05, 4.69) is 16.0 Å². The molecule has 0 aromatic heterocycles. The molecule has 12 heteroatoms. The third-order valence-corrected chi connectivity index (χ3v) is 5.11. The standard InChI is InChI=1S/C23H35N5O7/c1-12(2)10-18(28-21(32)16(24)11-14-4-6-15(29)7-5-14)22(33)26-13(3)20(31)27-17(23(34)35)8-9-19(25)30/h4-7,12-13,16-18,29H,8-11,24H2,1-3H3,(H2,25,30)(H,26,33)(H,27,31)(H,28,32)(H,34,35). The number of carboxylic acid groups (broad SMARTS) is 1. The number of carboxylic acids is 1. The van der Waals surface area contributed by atoms with Gasteiger partial charge in [0, 0.05) is 6.42 Å². The Kier molecular flexibility index (Phi) is 11.7. The van der Waals surface area contributed by atoms with Gasteiger partial charge in [-0.15, -0.1) is 0 Å². The molecule has 35 heavy (non-hydrogen) atoms. The molecule has 0 aliphatic heterocycles. The first-order valence-corrected chi connectivity index (χ1v) is 11.3. The summed E-state index contributed by atoms with van der Waals surface area (Å²) in [4.78, 5) is 60.1. The lowest BCUT2D eigenvalue weighted by Gasteiger charge is -2.24. The van der Waals surface area contributed by atoms with E-state index < -0.39 is 53.8 Å². The summed E-state index contributed by atoms with van der Waals surface area (Å²) in [6, 6.07) is 1.82. The molecule has 0 radical (unpaired) electrons. The van der Waals surface area contributed by atoms with Crippen LogP contribution in [0.25, 0.3) is 0 Å². The van der Waals surface area contributed by atoms with Crippen LogP contribution in [0.3, 0.4) is 0 Å². The van der Waals surface area contributed by atoms with Crippen molar-refractivity contribution in [3.05, 3.63) is 29.8 Å². The van der Waals surface area contributed by atoms with Crippen LogP contribution in [-0.4, -0.2) is 64.0 Å². The lowest BCUT2D eigenvalue weighted by molar-refractivity contribution is -0.142. The number of nitrogens with two attached hydrogens (primary N) is 2. The maximum absolute atomic E-state index is 12.8. The van der Waals surface area contributed by atoms with Crippen LogP contribution in [0.4, 0.5) is 0 Å². The average molecular weight is 494 g/mol. The molecule has 0 fully saturated rings. The highest BCUT2D eigenvalue weighted by molar-refractivity contribution is 5.94. The second-order valence-electron chi connectivity index (χ2n) is 8.80. The van der Waals surface area contributed by atoms with Gasteiger partial charge in [-0.1, -0.05) is 26.0 Å². The highest BCUT2D eigenvalue weighted by Gasteiger charge is 2.29. The van der Waals surface area contributed by atoms with Crippen LogP contribution in [0.1, 0.15) is 45.6 Å². The fourth-order valence-electron chi connectivity index (χ4n) is 3.18. The number of phenols is 1. The van der Waals surface area contributed by atoms with Gasteiger partial charge < -0.3 is 37.6 Å². The first-order chi connectivity index (χ1) is 16.3. The number of aromatic hydroxyl groups is 1. The first kappa shape index (κ1) is 29.4. The van der Waals surface area contributed by atoms with Crippen molar-refractivity contribution >= 4 is 29.6 Å². The van der Waals surface area contributed by atoms with Crippen LogP contribution in [0, 0.1) is 5.92 Å². The number of nitrogens with one attached hydrogen (secondary N) is 3. The van der Waals surface area contributed by atoms with Gasteiger partial charge in [0.2, 0.25) is 23.6 Å². The number of hydrogen-bond acceptors (Lipinski definition) is 7. The largest absolute Gasteiger partial charge is 0.508 e. The molecule has 194 valence electrons. The number of carbonyl (C=O) groups excluding carboxylic acids is 4. The average Bonchev–Trinajstić information content (AvgIpc) is 2.76. The molecule has 1 rings (SSSR count). The van der Waals surface area contributed by atoms with E-state index in [1.54, 1.807) is 12.1 Å². The van der Waals surface area contributed by atoms with Crippen molar-refractivity contribution in [1.82, 2.24) is 16.0 Å². The second kappa shape index (κ2) is 13.9. The number of aliphatic carboxylic acids is 1. The van der Waals surface area contributed by atoms with Gasteiger partial charge in [-0.3, -0.25) is 19.2 Å². The van der Waals surface area contributed by atoms with Gasteiger partial charge in [0.25, 0.3) is 0 Å². The van der Waals surface area contributed by atoms with Crippen molar-refractivity contribution < 1.29 is 34.2 Å². The van der Waals surface area contributed by atoms with Crippen LogP contribution in [0.5, 0.6) is 5.75 Å². The number of benzene rings is 1. The molecule has 9 N–H and O–H groups in total. The summed E-state index contributed by atoms with van der Waals surface area (Å²) in [5, 5.41) is 25.9. The van der Waals surface area contributed by atoms with Crippen molar-refractivity contribution in [3.63, 3.8) is 0 Å². The minimum Gasteiger partial charge on any atom is -0.508 e. The van der Waals surface area contributed by atoms with Gasteiger partial charge in [-0.25, -0.2) is 4.79 Å². The molecule has 4 unspecified atom stereocenters. The summed E-state index contributed by atoms with van der Waals surface area (Å²) >= 11 is 0. The predicted molar refractivity (Wildman–Crippen MR) is 127 cm³/mol. The quantitative estimate of drug-likeness (QED) is 0.172. The van der Waals surface area contributed by atoms with Crippen molar-refractivity contribution in [3.8, 4) is 5.75 Å². The molecule has 0 saturated heterocycles. The summed E-state index contributed by atoms with van der Waals surface area (Å²) in [5.41, 5.74) is 11.7. The third-order valence-electron chi connectivity index (χ3n) is 5.11. The van der Waals surface area contributed by atoms with Crippen molar-refractivity contribution in [2.75, 3.05) is 0 Å². The molecule has 1 aromatic rings. The fraction of sp³-hybridized carbons (Fsp3) is 0.522. The predicted octanol–water partition coefficient (Wildman–Crippen LogP) is -0.867. The number of carbonyl (C=O) groups is 5. The fourth-order valence-corrected chi connectivity index (χ4v) is 3.18. The maximum Gasteiger partial charge on any atom is 0.326 e. The SMILES string of the molecule is CC(C)CC(NC(=O)C(N)Cc1ccc(O)cc1)C(=O)NC(C)C(=O)NC(CCC(N)=O)C(=O)O. The van der Waals surface area contributed by atoms with E-state index in [4.69, 9.17) is 11.5 Å². The van der Waals surface area contributed by atoms with Crippen molar-refractivity contribution in [2.24, 2.45) is 17.4 Å². The zero-order valence-corrected chi connectivity index (χ0v) is 20.1. The summed E-state index contributed by atoms with van der Waals surface area (Å²) in [6.45, 7) is 5.08. The Hall–Kier alpha value is -3.67. The highest BCUT2D eigenvalue weighted by Crippen LogP contribution is 2.11. The topological polar surface area (TPSA) is 214 Å². The minimum absolute atomic E-state index is 0.0219. The van der Waals surface area contributed by atoms with Gasteiger partial charge in [0.15, 0.2) is 0 Å². The second-order valence-corrected chi connectivity index (χ2v) is 8.80. The van der Waals surface area contributed by atoms with Crippen LogP contribution in [-0.2, 0) is 30.4 Å². The molecule has 0 spiro atoms. The molecule has 0 saturated carbocycles. The van der Waals surface area contributed by atoms with E-state index in [9.17, 15) is 34.2 Å². The monoisotopic (exact) mass is 493 g/mol. The maximum atomic E-state index is 12.8. The molecular weight excluding hydrogens is 458 g/mol. The number of primary amides is 1. The van der Waals surface area contributed by atoms with Crippen LogP contribution < -0.4 is 27.4 Å². The van der Waals surface area contributed by atoms with E-state index in [1.165, 1.54) is 19.1 Å². The smallest absolute Gasteiger partial charge is 0.326 e. The van der Waals surface area contributed by atoms with Gasteiger partial charge in [0.05, 0.1) is 6.04 Å². The molecule has 12 nitrogen and oxygen atoms in total. The third kappa shape index (κ3) is 10.9. The number of phenolic OH excluding ortho intramolecular Hbond substituents is 1. The zero-order chi connectivity index (χ0) is 26.7.